The molecule has 0 spiro atoms. The fraction of sp³-hybridized carbons (Fsp3) is 0.328. The molecule has 5 aromatic carbocycles. The second kappa shape index (κ2) is 20.7. The Morgan fingerprint density at radius 3 is 1.43 bits per heavy atom. The van der Waals surface area contributed by atoms with E-state index in [1.165, 1.54) is 111 Å². The van der Waals surface area contributed by atoms with Crippen LogP contribution in [0.4, 0.5) is 34.1 Å². The molecule has 61 heavy (non-hydrogen) atoms. The van der Waals surface area contributed by atoms with Crippen LogP contribution >= 0.6 is 0 Å². The standard InChI is InChI=1S/C58H67N3/c1-7-11-13-15-17-19-35-58(36-20-18-16-14-12-8-2)55-41-52(60(48-29-21-25-44(5)37-48)50-31-23-27-46(9-3)39-50)33-34-54(55)57-56(58)42-53(43-59-57)61(49-30-22-26-45(6)38-49)51-32-24-28-47(10-4)40-51/h9-10,21-34,37-43H,3-4,7-8,11-20,35-36H2,1-2,5-6H3. The zero-order valence-electron chi connectivity index (χ0n) is 37.4. The molecule has 0 bridgehead atoms. The van der Waals surface area contributed by atoms with E-state index in [4.69, 9.17) is 4.98 Å². The van der Waals surface area contributed by atoms with Crippen LogP contribution in [0.1, 0.15) is 137 Å². The van der Waals surface area contributed by atoms with E-state index in [2.05, 4.69) is 178 Å². The topological polar surface area (TPSA) is 19.4 Å². The number of aromatic nitrogens is 1. The number of pyridine rings is 1. The van der Waals surface area contributed by atoms with Crippen LogP contribution in [0.2, 0.25) is 0 Å². The van der Waals surface area contributed by atoms with E-state index in [0.717, 1.165) is 58.1 Å². The van der Waals surface area contributed by atoms with Crippen molar-refractivity contribution in [2.75, 3.05) is 9.80 Å². The van der Waals surface area contributed by atoms with Crippen molar-refractivity contribution in [2.24, 2.45) is 0 Å². The summed E-state index contributed by atoms with van der Waals surface area (Å²) in [7, 11) is 0. The fourth-order valence-corrected chi connectivity index (χ4v) is 9.66. The highest BCUT2D eigenvalue weighted by atomic mass is 15.2. The predicted octanol–water partition coefficient (Wildman–Crippen LogP) is 17.7. The van der Waals surface area contributed by atoms with Gasteiger partial charge in [-0.05, 0) is 127 Å². The van der Waals surface area contributed by atoms with Gasteiger partial charge >= 0.3 is 0 Å². The Morgan fingerprint density at radius 2 is 0.918 bits per heavy atom. The number of unbranched alkanes of at least 4 members (excludes halogenated alkanes) is 10. The van der Waals surface area contributed by atoms with Crippen molar-refractivity contribution in [3.63, 3.8) is 0 Å². The molecule has 314 valence electrons. The first-order chi connectivity index (χ1) is 29.9. The molecule has 0 saturated carbocycles. The minimum absolute atomic E-state index is 0.179. The van der Waals surface area contributed by atoms with E-state index in [1.54, 1.807) is 0 Å². The molecule has 1 aliphatic rings. The van der Waals surface area contributed by atoms with Gasteiger partial charge in [0, 0.05) is 39.4 Å². The maximum Gasteiger partial charge on any atom is 0.0747 e. The molecule has 3 heteroatoms. The van der Waals surface area contributed by atoms with Crippen LogP contribution in [-0.2, 0) is 5.41 Å². The Kier molecular flexibility index (Phi) is 14.8. The Bertz CT molecular complexity index is 2240. The smallest absolute Gasteiger partial charge is 0.0747 e. The molecule has 1 aromatic heterocycles. The van der Waals surface area contributed by atoms with Gasteiger partial charge in [0.15, 0.2) is 0 Å². The summed E-state index contributed by atoms with van der Waals surface area (Å²) in [5, 5.41) is 0. The Labute approximate surface area is 367 Å². The van der Waals surface area contributed by atoms with Crippen molar-refractivity contribution in [2.45, 2.75) is 123 Å². The Balaban J connectivity index is 1.42. The molecule has 0 saturated heterocycles. The number of hydrogen-bond donors (Lipinski definition) is 0. The molecule has 0 unspecified atom stereocenters. The van der Waals surface area contributed by atoms with E-state index >= 15 is 0 Å². The van der Waals surface area contributed by atoms with E-state index in [0.29, 0.717) is 0 Å². The summed E-state index contributed by atoms with van der Waals surface area (Å²) in [6, 6.07) is 45.0. The van der Waals surface area contributed by atoms with Crippen molar-refractivity contribution in [3.05, 3.63) is 174 Å². The monoisotopic (exact) mass is 806 g/mol. The first kappa shape index (κ1) is 43.4. The van der Waals surface area contributed by atoms with Gasteiger partial charge in [-0.1, -0.05) is 171 Å². The number of nitrogens with zero attached hydrogens (tertiary/aromatic N) is 3. The number of rotatable bonds is 22. The number of benzene rings is 5. The SMILES string of the molecule is C=Cc1cccc(N(c2cccc(C)c2)c2ccc3c(c2)C(CCCCCCCC)(CCCCCCCC)c2cc(N(c4cccc(C)c4)c4cccc(C=C)c4)cnc2-3)c1. The minimum Gasteiger partial charge on any atom is -0.310 e. The maximum atomic E-state index is 5.51. The lowest BCUT2D eigenvalue weighted by molar-refractivity contribution is 0.397. The van der Waals surface area contributed by atoms with Gasteiger partial charge in [-0.25, -0.2) is 0 Å². The molecule has 0 N–H and O–H groups in total. The third kappa shape index (κ3) is 9.94. The van der Waals surface area contributed by atoms with Gasteiger partial charge in [-0.2, -0.15) is 0 Å². The average Bonchev–Trinajstić information content (AvgIpc) is 3.54. The summed E-state index contributed by atoms with van der Waals surface area (Å²) in [6.07, 6.45) is 23.5. The summed E-state index contributed by atoms with van der Waals surface area (Å²) >= 11 is 0. The summed E-state index contributed by atoms with van der Waals surface area (Å²) < 4.78 is 0. The maximum absolute atomic E-state index is 5.51. The summed E-state index contributed by atoms with van der Waals surface area (Å²) in [4.78, 5) is 10.3. The lowest BCUT2D eigenvalue weighted by Crippen LogP contribution is -2.26. The van der Waals surface area contributed by atoms with Gasteiger partial charge in [0.2, 0.25) is 0 Å². The highest BCUT2D eigenvalue weighted by molar-refractivity contribution is 5.87. The van der Waals surface area contributed by atoms with Crippen LogP contribution in [0.3, 0.4) is 0 Å². The van der Waals surface area contributed by atoms with Gasteiger partial charge in [0.25, 0.3) is 0 Å². The van der Waals surface area contributed by atoms with Crippen molar-refractivity contribution < 1.29 is 0 Å². The van der Waals surface area contributed by atoms with E-state index < -0.39 is 0 Å². The van der Waals surface area contributed by atoms with Crippen molar-refractivity contribution in [3.8, 4) is 11.3 Å². The second-order valence-corrected chi connectivity index (χ2v) is 17.4. The lowest BCUT2D eigenvalue weighted by atomic mass is 9.70. The summed E-state index contributed by atoms with van der Waals surface area (Å²) in [5.74, 6) is 0. The van der Waals surface area contributed by atoms with E-state index in [1.807, 2.05) is 12.2 Å². The quantitative estimate of drug-likeness (QED) is 0.0637. The third-order valence-corrected chi connectivity index (χ3v) is 12.8. The predicted molar refractivity (Wildman–Crippen MR) is 265 cm³/mol. The molecule has 7 rings (SSSR count). The van der Waals surface area contributed by atoms with Crippen LogP contribution in [0, 0.1) is 13.8 Å². The van der Waals surface area contributed by atoms with Gasteiger partial charge in [-0.3, -0.25) is 4.98 Å². The highest BCUT2D eigenvalue weighted by Crippen LogP contribution is 2.56. The molecular weight excluding hydrogens is 739 g/mol. The number of anilines is 6. The summed E-state index contributed by atoms with van der Waals surface area (Å²) in [5.41, 5.74) is 16.5. The second-order valence-electron chi connectivity index (χ2n) is 17.4. The van der Waals surface area contributed by atoms with Gasteiger partial charge in [0.05, 0.1) is 17.6 Å². The molecule has 1 aliphatic carbocycles. The van der Waals surface area contributed by atoms with Crippen molar-refractivity contribution in [1.82, 2.24) is 4.98 Å². The molecule has 6 aromatic rings. The molecular formula is C58H67N3. The zero-order chi connectivity index (χ0) is 42.6. The minimum atomic E-state index is -0.179. The fourth-order valence-electron chi connectivity index (χ4n) is 9.66. The molecule has 0 aliphatic heterocycles. The Hall–Kier alpha value is -5.67. The number of hydrogen-bond acceptors (Lipinski definition) is 3. The van der Waals surface area contributed by atoms with Gasteiger partial charge < -0.3 is 9.80 Å². The highest BCUT2D eigenvalue weighted by Gasteiger charge is 2.44. The zero-order valence-corrected chi connectivity index (χ0v) is 37.4. The molecule has 3 nitrogen and oxygen atoms in total. The van der Waals surface area contributed by atoms with Crippen LogP contribution in [0.5, 0.6) is 0 Å². The lowest BCUT2D eigenvalue weighted by Gasteiger charge is -2.35. The van der Waals surface area contributed by atoms with Crippen molar-refractivity contribution in [1.29, 1.82) is 0 Å². The van der Waals surface area contributed by atoms with Crippen LogP contribution in [-0.4, -0.2) is 4.98 Å². The third-order valence-electron chi connectivity index (χ3n) is 12.8. The Morgan fingerprint density at radius 1 is 0.475 bits per heavy atom. The van der Waals surface area contributed by atoms with E-state index in [9.17, 15) is 0 Å². The van der Waals surface area contributed by atoms with Crippen molar-refractivity contribution >= 4 is 46.3 Å². The van der Waals surface area contributed by atoms with E-state index in [-0.39, 0.29) is 5.41 Å². The first-order valence-electron chi connectivity index (χ1n) is 23.2. The van der Waals surface area contributed by atoms with Crippen LogP contribution in [0.25, 0.3) is 23.4 Å². The molecule has 0 atom stereocenters. The molecule has 0 amide bonds. The first-order valence-corrected chi connectivity index (χ1v) is 23.2. The van der Waals surface area contributed by atoms with Crippen LogP contribution < -0.4 is 9.80 Å². The average molecular weight is 806 g/mol. The number of fused-ring (bicyclic) bond motifs is 3. The van der Waals surface area contributed by atoms with Gasteiger partial charge in [-0.15, -0.1) is 0 Å². The normalized spacial score (nSPS) is 12.5. The molecule has 0 radical (unpaired) electrons. The molecule has 1 heterocycles. The van der Waals surface area contributed by atoms with Gasteiger partial charge in [0.1, 0.15) is 0 Å². The molecule has 0 fully saturated rings. The number of aryl methyl sites for hydroxylation is 2. The summed E-state index contributed by atoms with van der Waals surface area (Å²) in [6.45, 7) is 17.2. The van der Waals surface area contributed by atoms with Crippen LogP contribution in [0.15, 0.2) is 141 Å². The largest absolute Gasteiger partial charge is 0.310 e.